The van der Waals surface area contributed by atoms with E-state index in [9.17, 15) is 9.59 Å². The molecule has 0 bridgehead atoms. The molecule has 1 atom stereocenters. The van der Waals surface area contributed by atoms with Gasteiger partial charge in [0.1, 0.15) is 5.01 Å². The minimum Gasteiger partial charge on any atom is -0.356 e. The second-order valence-corrected chi connectivity index (χ2v) is 8.58. The lowest BCUT2D eigenvalue weighted by molar-refractivity contribution is -0.121. The molecule has 0 saturated heterocycles. The third-order valence-electron chi connectivity index (χ3n) is 5.05. The third kappa shape index (κ3) is 5.64. The molecule has 1 aromatic heterocycles. The fourth-order valence-corrected chi connectivity index (χ4v) is 4.15. The number of nitrogens with one attached hydrogen (secondary N) is 2. The van der Waals surface area contributed by atoms with Gasteiger partial charge in [0.15, 0.2) is 0 Å². The zero-order valence-electron chi connectivity index (χ0n) is 17.9. The summed E-state index contributed by atoms with van der Waals surface area (Å²) in [6.45, 7) is 6.80. The van der Waals surface area contributed by atoms with Crippen LogP contribution in [0.25, 0.3) is 20.8 Å². The summed E-state index contributed by atoms with van der Waals surface area (Å²) in [4.78, 5) is 30.2. The summed E-state index contributed by atoms with van der Waals surface area (Å²) in [7, 11) is 1.91. The summed E-state index contributed by atoms with van der Waals surface area (Å²) in [5.74, 6) is -0.0897. The number of carbonyl (C=O) groups is 2. The van der Waals surface area contributed by atoms with Crippen LogP contribution in [0.2, 0.25) is 0 Å². The molecule has 2 N–H and O–H groups in total. The molecule has 6 nitrogen and oxygen atoms in total. The lowest BCUT2D eigenvalue weighted by Gasteiger charge is -2.23. The van der Waals surface area contributed by atoms with Gasteiger partial charge in [-0.2, -0.15) is 0 Å². The Morgan fingerprint density at radius 2 is 1.90 bits per heavy atom. The van der Waals surface area contributed by atoms with Gasteiger partial charge in [0.05, 0.1) is 16.3 Å². The number of benzene rings is 2. The van der Waals surface area contributed by atoms with Gasteiger partial charge in [0.2, 0.25) is 11.8 Å². The summed E-state index contributed by atoms with van der Waals surface area (Å²) in [6.07, 6.45) is 0.796. The van der Waals surface area contributed by atoms with Gasteiger partial charge in [0.25, 0.3) is 0 Å². The number of hydrogen-bond donors (Lipinski definition) is 2. The van der Waals surface area contributed by atoms with Crippen molar-refractivity contribution in [3.8, 4) is 10.6 Å². The van der Waals surface area contributed by atoms with Gasteiger partial charge < -0.3 is 10.6 Å². The summed E-state index contributed by atoms with van der Waals surface area (Å²) < 4.78 is 1.18. The molecule has 7 heteroatoms. The van der Waals surface area contributed by atoms with E-state index in [-0.39, 0.29) is 17.9 Å². The molecule has 1 unspecified atom stereocenters. The fraction of sp³-hybridized carbons (Fsp3) is 0.348. The van der Waals surface area contributed by atoms with Crippen LogP contribution in [0.5, 0.6) is 0 Å². The third-order valence-corrected chi connectivity index (χ3v) is 6.11. The predicted molar refractivity (Wildman–Crippen MR) is 124 cm³/mol. The average Bonchev–Trinajstić information content (AvgIpc) is 3.14. The maximum atomic E-state index is 12.6. The molecule has 158 valence electrons. The van der Waals surface area contributed by atoms with E-state index >= 15 is 0 Å². The highest BCUT2D eigenvalue weighted by Crippen LogP contribution is 2.31. The number of carbonyl (C=O) groups excluding carboxylic acids is 2. The lowest BCUT2D eigenvalue weighted by atomic mass is 10.2. The first kappa shape index (κ1) is 21.9. The minimum atomic E-state index is -0.269. The summed E-state index contributed by atoms with van der Waals surface area (Å²) in [6, 6.07) is 13.8. The number of anilines is 1. The Morgan fingerprint density at radius 1 is 1.17 bits per heavy atom. The number of rotatable bonds is 8. The molecule has 3 rings (SSSR count). The monoisotopic (exact) mass is 424 g/mol. The van der Waals surface area contributed by atoms with Crippen molar-refractivity contribution < 1.29 is 9.59 Å². The highest BCUT2D eigenvalue weighted by Gasteiger charge is 2.18. The number of likely N-dealkylation sites (N-methyl/N-ethyl adjacent to an activating group) is 1. The molecular weight excluding hydrogens is 396 g/mol. The first-order chi connectivity index (χ1) is 14.3. The normalized spacial score (nSPS) is 12.2. The second-order valence-electron chi connectivity index (χ2n) is 7.55. The second kappa shape index (κ2) is 9.82. The highest BCUT2D eigenvalue weighted by atomic mass is 32.1. The predicted octanol–water partition coefficient (Wildman–Crippen LogP) is 4.06. The van der Waals surface area contributed by atoms with Crippen LogP contribution in [0.15, 0.2) is 42.5 Å². The zero-order chi connectivity index (χ0) is 21.7. The SMILES string of the molecule is CC(=O)NCCCN(C)C(C)C(=O)Nc1ccc(-c2nc3ccc(C)cc3s2)cc1. The summed E-state index contributed by atoms with van der Waals surface area (Å²) >= 11 is 1.67. The number of amides is 2. The van der Waals surface area contributed by atoms with Crippen LogP contribution in [0.4, 0.5) is 5.69 Å². The minimum absolute atomic E-state index is 0.0344. The summed E-state index contributed by atoms with van der Waals surface area (Å²) in [5, 5.41) is 6.72. The van der Waals surface area contributed by atoms with Crippen LogP contribution < -0.4 is 10.6 Å². The Kier molecular flexibility index (Phi) is 7.18. The fourth-order valence-electron chi connectivity index (χ4n) is 3.08. The Labute approximate surface area is 181 Å². The molecule has 3 aromatic rings. The largest absolute Gasteiger partial charge is 0.356 e. The molecule has 0 saturated carbocycles. The lowest BCUT2D eigenvalue weighted by Crippen LogP contribution is -2.40. The Bertz CT molecular complexity index is 1030. The number of fused-ring (bicyclic) bond motifs is 1. The van der Waals surface area contributed by atoms with Crippen molar-refractivity contribution in [2.75, 3.05) is 25.5 Å². The molecule has 0 fully saturated rings. The van der Waals surface area contributed by atoms with Gasteiger partial charge in [-0.25, -0.2) is 4.98 Å². The standard InChI is InChI=1S/C23H28N4O2S/c1-15-6-11-20-21(14-15)30-23(26-20)18-7-9-19(10-8-18)25-22(29)16(2)27(4)13-5-12-24-17(3)28/h6-11,14,16H,5,12-13H2,1-4H3,(H,24,28)(H,25,29). The van der Waals surface area contributed by atoms with Gasteiger partial charge in [-0.3, -0.25) is 14.5 Å². The number of aryl methyl sites for hydroxylation is 1. The van der Waals surface area contributed by atoms with Crippen molar-refractivity contribution in [2.24, 2.45) is 0 Å². The molecule has 2 amide bonds. The molecule has 2 aromatic carbocycles. The number of aromatic nitrogens is 1. The van der Waals surface area contributed by atoms with E-state index in [1.165, 1.54) is 17.2 Å². The smallest absolute Gasteiger partial charge is 0.241 e. The topological polar surface area (TPSA) is 74.3 Å². The maximum absolute atomic E-state index is 12.6. The van der Waals surface area contributed by atoms with Crippen LogP contribution in [0.3, 0.4) is 0 Å². The van der Waals surface area contributed by atoms with Gasteiger partial charge >= 0.3 is 0 Å². The molecule has 0 aliphatic heterocycles. The van der Waals surface area contributed by atoms with Crippen LogP contribution in [0.1, 0.15) is 25.8 Å². The molecule has 0 spiro atoms. The quantitative estimate of drug-likeness (QED) is 0.535. The first-order valence-electron chi connectivity index (χ1n) is 10.1. The number of nitrogens with zero attached hydrogens (tertiary/aromatic N) is 2. The molecule has 1 heterocycles. The van der Waals surface area contributed by atoms with E-state index in [4.69, 9.17) is 4.98 Å². The van der Waals surface area contributed by atoms with E-state index in [1.807, 2.05) is 49.2 Å². The Hall–Kier alpha value is -2.77. The van der Waals surface area contributed by atoms with Crippen molar-refractivity contribution in [1.82, 2.24) is 15.2 Å². The Morgan fingerprint density at radius 3 is 2.60 bits per heavy atom. The van der Waals surface area contributed by atoms with Gasteiger partial charge in [0, 0.05) is 31.3 Å². The van der Waals surface area contributed by atoms with Gasteiger partial charge in [-0.05, 0) is 69.3 Å². The summed E-state index contributed by atoms with van der Waals surface area (Å²) in [5.41, 5.74) is 4.03. The average molecular weight is 425 g/mol. The maximum Gasteiger partial charge on any atom is 0.241 e. The number of hydrogen-bond acceptors (Lipinski definition) is 5. The molecule has 0 radical (unpaired) electrons. The van der Waals surface area contributed by atoms with Crippen LogP contribution in [-0.4, -0.2) is 47.9 Å². The van der Waals surface area contributed by atoms with Crippen molar-refractivity contribution in [1.29, 1.82) is 0 Å². The van der Waals surface area contributed by atoms with Crippen molar-refractivity contribution >= 4 is 39.1 Å². The van der Waals surface area contributed by atoms with Crippen LogP contribution in [-0.2, 0) is 9.59 Å². The zero-order valence-corrected chi connectivity index (χ0v) is 18.7. The molecule has 0 aliphatic carbocycles. The first-order valence-corrected chi connectivity index (χ1v) is 10.9. The van der Waals surface area contributed by atoms with Crippen molar-refractivity contribution in [3.05, 3.63) is 48.0 Å². The van der Waals surface area contributed by atoms with E-state index in [1.54, 1.807) is 11.3 Å². The number of thiazole rings is 1. The van der Waals surface area contributed by atoms with Gasteiger partial charge in [-0.15, -0.1) is 11.3 Å². The highest BCUT2D eigenvalue weighted by molar-refractivity contribution is 7.21. The molecular formula is C23H28N4O2S. The van der Waals surface area contributed by atoms with Crippen LogP contribution in [0, 0.1) is 6.92 Å². The molecule has 30 heavy (non-hydrogen) atoms. The molecule has 0 aliphatic rings. The van der Waals surface area contributed by atoms with Crippen molar-refractivity contribution in [2.45, 2.75) is 33.2 Å². The van der Waals surface area contributed by atoms with E-state index < -0.39 is 0 Å². The van der Waals surface area contributed by atoms with E-state index in [0.29, 0.717) is 6.54 Å². The van der Waals surface area contributed by atoms with Crippen LogP contribution >= 0.6 is 11.3 Å². The van der Waals surface area contributed by atoms with E-state index in [2.05, 4.69) is 29.7 Å². The van der Waals surface area contributed by atoms with Gasteiger partial charge in [-0.1, -0.05) is 6.07 Å². The Balaban J connectivity index is 1.57. The van der Waals surface area contributed by atoms with E-state index in [0.717, 1.165) is 34.7 Å². The van der Waals surface area contributed by atoms with Crippen molar-refractivity contribution in [3.63, 3.8) is 0 Å².